The van der Waals surface area contributed by atoms with Crippen molar-refractivity contribution in [3.05, 3.63) is 114 Å². The first-order valence-electron chi connectivity index (χ1n) is 10.6. The van der Waals surface area contributed by atoms with Crippen molar-refractivity contribution in [3.8, 4) is 0 Å². The van der Waals surface area contributed by atoms with Crippen molar-refractivity contribution in [3.63, 3.8) is 0 Å². The molecule has 0 aliphatic rings. The lowest BCUT2D eigenvalue weighted by Gasteiger charge is -2.21. The molecule has 0 aliphatic carbocycles. The molecule has 0 aromatic heterocycles. The number of benzene rings is 3. The number of hydrogen-bond acceptors (Lipinski definition) is 5. The Labute approximate surface area is 190 Å². The van der Waals surface area contributed by atoms with E-state index < -0.39 is 13.9 Å². The molecule has 168 valence electrons. The first-order chi connectivity index (χ1) is 15.7. The fraction of sp³-hybridized carbons (Fsp3) is 0.231. The standard InChI is InChI=1S/C26H29O5P/c1-2-28-26(19-18-23-12-6-3-7-13-23)22-31-32(27,29-20-24-14-8-4-9-15-24)30-21-25-16-10-5-11-17-25/h3-19,26H,2,20-22H2,1H3/b19-18+. The van der Waals surface area contributed by atoms with E-state index in [1.165, 1.54) is 0 Å². The van der Waals surface area contributed by atoms with E-state index in [-0.39, 0.29) is 19.8 Å². The van der Waals surface area contributed by atoms with Gasteiger partial charge in [-0.15, -0.1) is 0 Å². The van der Waals surface area contributed by atoms with Gasteiger partial charge in [-0.25, -0.2) is 4.57 Å². The molecule has 0 saturated carbocycles. The van der Waals surface area contributed by atoms with Gasteiger partial charge in [0, 0.05) is 6.61 Å². The number of phosphoric ester groups is 1. The SMILES string of the molecule is CCOC(/C=C/c1ccccc1)COP(=O)(OCc1ccccc1)OCc1ccccc1. The van der Waals surface area contributed by atoms with Crippen LogP contribution in [0, 0.1) is 0 Å². The van der Waals surface area contributed by atoms with Crippen LogP contribution in [0.1, 0.15) is 23.6 Å². The van der Waals surface area contributed by atoms with Crippen molar-refractivity contribution in [2.45, 2.75) is 26.2 Å². The van der Waals surface area contributed by atoms with Crippen LogP contribution in [0.25, 0.3) is 6.08 Å². The summed E-state index contributed by atoms with van der Waals surface area (Å²) in [6.07, 6.45) is 3.44. The topological polar surface area (TPSA) is 54.0 Å². The highest BCUT2D eigenvalue weighted by atomic mass is 31.2. The van der Waals surface area contributed by atoms with E-state index in [1.807, 2.05) is 110 Å². The summed E-state index contributed by atoms with van der Waals surface area (Å²) >= 11 is 0. The molecule has 0 bridgehead atoms. The van der Waals surface area contributed by atoms with Gasteiger partial charge in [0.2, 0.25) is 0 Å². The van der Waals surface area contributed by atoms with Crippen LogP contribution in [0.15, 0.2) is 97.1 Å². The molecule has 1 unspecified atom stereocenters. The van der Waals surface area contributed by atoms with Gasteiger partial charge in [-0.2, -0.15) is 0 Å². The third-order valence-corrected chi connectivity index (χ3v) is 5.90. The van der Waals surface area contributed by atoms with Crippen LogP contribution in [0.4, 0.5) is 0 Å². The van der Waals surface area contributed by atoms with Gasteiger partial charge in [0.25, 0.3) is 0 Å². The Kier molecular flexibility index (Phi) is 9.89. The molecule has 0 saturated heterocycles. The Balaban J connectivity index is 1.66. The van der Waals surface area contributed by atoms with Gasteiger partial charge in [-0.1, -0.05) is 103 Å². The second-order valence-electron chi connectivity index (χ2n) is 7.02. The van der Waals surface area contributed by atoms with Crippen molar-refractivity contribution < 1.29 is 22.9 Å². The minimum atomic E-state index is -3.84. The lowest BCUT2D eigenvalue weighted by Crippen LogP contribution is -2.17. The fourth-order valence-corrected chi connectivity index (χ4v) is 4.06. The highest BCUT2D eigenvalue weighted by Crippen LogP contribution is 2.51. The van der Waals surface area contributed by atoms with Crippen LogP contribution < -0.4 is 0 Å². The Morgan fingerprint density at radius 3 is 1.75 bits per heavy atom. The Hall–Kier alpha value is -2.53. The van der Waals surface area contributed by atoms with E-state index in [1.54, 1.807) is 0 Å². The third kappa shape index (κ3) is 8.54. The summed E-state index contributed by atoms with van der Waals surface area (Å²) in [5.41, 5.74) is 2.80. The molecular weight excluding hydrogens is 423 g/mol. The second-order valence-corrected chi connectivity index (χ2v) is 8.69. The maximum absolute atomic E-state index is 13.4. The highest BCUT2D eigenvalue weighted by Gasteiger charge is 2.28. The zero-order chi connectivity index (χ0) is 22.5. The van der Waals surface area contributed by atoms with E-state index in [9.17, 15) is 4.57 Å². The number of ether oxygens (including phenoxy) is 1. The molecule has 32 heavy (non-hydrogen) atoms. The molecule has 3 rings (SSSR count). The summed E-state index contributed by atoms with van der Waals surface area (Å²) in [6.45, 7) is 2.67. The molecule has 3 aromatic carbocycles. The van der Waals surface area contributed by atoms with Gasteiger partial charge >= 0.3 is 7.82 Å². The van der Waals surface area contributed by atoms with Crippen LogP contribution in [0.3, 0.4) is 0 Å². The third-order valence-electron chi connectivity index (χ3n) is 4.54. The van der Waals surface area contributed by atoms with Crippen molar-refractivity contribution in [1.82, 2.24) is 0 Å². The molecule has 0 N–H and O–H groups in total. The summed E-state index contributed by atoms with van der Waals surface area (Å²) in [5, 5.41) is 0. The molecule has 1 atom stereocenters. The van der Waals surface area contributed by atoms with Gasteiger partial charge in [0.05, 0.1) is 25.9 Å². The van der Waals surface area contributed by atoms with Crippen LogP contribution in [0.2, 0.25) is 0 Å². The summed E-state index contributed by atoms with van der Waals surface area (Å²) in [6, 6.07) is 28.9. The Morgan fingerprint density at radius 1 is 0.750 bits per heavy atom. The lowest BCUT2D eigenvalue weighted by atomic mass is 10.2. The van der Waals surface area contributed by atoms with Gasteiger partial charge in [0.15, 0.2) is 0 Å². The van der Waals surface area contributed by atoms with E-state index in [2.05, 4.69) is 0 Å². The smallest absolute Gasteiger partial charge is 0.372 e. The lowest BCUT2D eigenvalue weighted by molar-refractivity contribution is 0.0321. The molecule has 6 heteroatoms. The predicted octanol–water partition coefficient (Wildman–Crippen LogP) is 6.66. The average Bonchev–Trinajstić information content (AvgIpc) is 2.85. The molecule has 3 aromatic rings. The predicted molar refractivity (Wildman–Crippen MR) is 127 cm³/mol. The van der Waals surface area contributed by atoms with Crippen molar-refractivity contribution >= 4 is 13.9 Å². The molecule has 0 spiro atoms. The van der Waals surface area contributed by atoms with E-state index >= 15 is 0 Å². The zero-order valence-corrected chi connectivity index (χ0v) is 19.1. The van der Waals surface area contributed by atoms with Crippen molar-refractivity contribution in [2.24, 2.45) is 0 Å². The molecule has 0 radical (unpaired) electrons. The Morgan fingerprint density at radius 2 is 1.25 bits per heavy atom. The second kappa shape index (κ2) is 13.1. The van der Waals surface area contributed by atoms with Crippen LogP contribution in [-0.4, -0.2) is 19.3 Å². The van der Waals surface area contributed by atoms with Gasteiger partial charge in [-0.3, -0.25) is 13.6 Å². The molecule has 5 nitrogen and oxygen atoms in total. The molecule has 0 aliphatic heterocycles. The average molecular weight is 452 g/mol. The maximum Gasteiger partial charge on any atom is 0.475 e. The van der Waals surface area contributed by atoms with E-state index in [4.69, 9.17) is 18.3 Å². The largest absolute Gasteiger partial charge is 0.475 e. The summed E-state index contributed by atoms with van der Waals surface area (Å²) in [4.78, 5) is 0. The van der Waals surface area contributed by atoms with Gasteiger partial charge in [0.1, 0.15) is 0 Å². The van der Waals surface area contributed by atoms with Crippen LogP contribution in [0.5, 0.6) is 0 Å². The van der Waals surface area contributed by atoms with Gasteiger partial charge in [-0.05, 0) is 23.6 Å². The highest BCUT2D eigenvalue weighted by molar-refractivity contribution is 7.48. The maximum atomic E-state index is 13.4. The Bertz CT molecular complexity index is 929. The number of hydrogen-bond donors (Lipinski definition) is 0. The molecule has 0 fully saturated rings. The van der Waals surface area contributed by atoms with E-state index in [0.717, 1.165) is 16.7 Å². The molecular formula is C26H29O5P. The zero-order valence-electron chi connectivity index (χ0n) is 18.2. The quantitative estimate of drug-likeness (QED) is 0.271. The first kappa shape index (κ1) is 24.1. The van der Waals surface area contributed by atoms with Crippen LogP contribution in [-0.2, 0) is 36.1 Å². The van der Waals surface area contributed by atoms with Crippen molar-refractivity contribution in [1.29, 1.82) is 0 Å². The first-order valence-corrected chi connectivity index (χ1v) is 12.1. The van der Waals surface area contributed by atoms with Crippen LogP contribution >= 0.6 is 7.82 Å². The summed E-state index contributed by atoms with van der Waals surface area (Å²) in [5.74, 6) is 0. The molecule has 0 amide bonds. The minimum absolute atomic E-state index is 0.0397. The van der Waals surface area contributed by atoms with Crippen molar-refractivity contribution in [2.75, 3.05) is 13.2 Å². The fourth-order valence-electron chi connectivity index (χ4n) is 2.89. The normalized spacial score (nSPS) is 12.8. The minimum Gasteiger partial charge on any atom is -0.372 e. The number of phosphoric acid groups is 1. The molecule has 0 heterocycles. The number of rotatable bonds is 13. The summed E-state index contributed by atoms with van der Waals surface area (Å²) in [7, 11) is -3.84. The van der Waals surface area contributed by atoms with Gasteiger partial charge < -0.3 is 4.74 Å². The summed E-state index contributed by atoms with van der Waals surface area (Å²) < 4.78 is 36.2. The van der Waals surface area contributed by atoms with E-state index in [0.29, 0.717) is 6.61 Å². The monoisotopic (exact) mass is 452 g/mol.